The molecule has 0 radical (unpaired) electrons. The number of aromatic amines is 1. The van der Waals surface area contributed by atoms with Crippen LogP contribution in [0, 0.1) is 6.92 Å². The van der Waals surface area contributed by atoms with Gasteiger partial charge in [0.15, 0.2) is 5.78 Å². The second-order valence-corrected chi connectivity index (χ2v) is 7.63. The zero-order chi connectivity index (χ0) is 21.0. The number of halogens is 2. The zero-order valence-electron chi connectivity index (χ0n) is 15.9. The van der Waals surface area contributed by atoms with E-state index in [0.717, 1.165) is 18.5 Å². The highest BCUT2D eigenvalue weighted by Crippen LogP contribution is 2.28. The minimum absolute atomic E-state index is 0.0453. The van der Waals surface area contributed by atoms with Crippen molar-refractivity contribution in [2.45, 2.75) is 39.0 Å². The Labute approximate surface area is 178 Å². The van der Waals surface area contributed by atoms with E-state index in [4.69, 9.17) is 27.9 Å². The molecule has 2 aromatic rings. The van der Waals surface area contributed by atoms with Gasteiger partial charge in [0.2, 0.25) is 5.91 Å². The normalized spacial score (nSPS) is 13.0. The molecule has 3 N–H and O–H groups in total. The molecular formula is C20H21Cl2N3O4. The Morgan fingerprint density at radius 1 is 1.21 bits per heavy atom. The number of carbonyl (C=O) groups is 3. The number of ketones is 1. The Morgan fingerprint density at radius 3 is 2.72 bits per heavy atom. The Balaban J connectivity index is 1.44. The van der Waals surface area contributed by atoms with Crippen LogP contribution in [0.15, 0.2) is 18.2 Å². The molecule has 1 aliphatic carbocycles. The summed E-state index contributed by atoms with van der Waals surface area (Å²) in [7, 11) is 0. The number of hydrazine groups is 1. The molecule has 3 rings (SSSR count). The van der Waals surface area contributed by atoms with Gasteiger partial charge in [0.1, 0.15) is 11.4 Å². The Morgan fingerprint density at radius 2 is 2.00 bits per heavy atom. The van der Waals surface area contributed by atoms with Crippen LogP contribution in [0.2, 0.25) is 10.0 Å². The molecule has 1 aromatic carbocycles. The zero-order valence-corrected chi connectivity index (χ0v) is 17.4. The van der Waals surface area contributed by atoms with Gasteiger partial charge in [-0.15, -0.1) is 0 Å². The van der Waals surface area contributed by atoms with Gasteiger partial charge in [-0.2, -0.15) is 0 Å². The number of benzene rings is 1. The van der Waals surface area contributed by atoms with Gasteiger partial charge >= 0.3 is 0 Å². The first-order valence-corrected chi connectivity index (χ1v) is 10.0. The van der Waals surface area contributed by atoms with Crippen LogP contribution in [0.4, 0.5) is 0 Å². The predicted molar refractivity (Wildman–Crippen MR) is 110 cm³/mol. The lowest BCUT2D eigenvalue weighted by atomic mass is 9.94. The summed E-state index contributed by atoms with van der Waals surface area (Å²) in [5.41, 5.74) is 7.06. The van der Waals surface area contributed by atoms with E-state index < -0.39 is 5.91 Å². The molecule has 1 aliphatic rings. The Kier molecular flexibility index (Phi) is 6.82. The molecule has 154 valence electrons. The summed E-state index contributed by atoms with van der Waals surface area (Å²) in [4.78, 5) is 39.4. The molecule has 2 amide bonds. The number of amides is 2. The number of ether oxygens (including phenoxy) is 1. The summed E-state index contributed by atoms with van der Waals surface area (Å²) >= 11 is 11.8. The average Bonchev–Trinajstić information content (AvgIpc) is 3.02. The third-order valence-electron chi connectivity index (χ3n) is 4.68. The third-order valence-corrected chi connectivity index (χ3v) is 5.21. The molecule has 0 bridgehead atoms. The number of fused-ring (bicyclic) bond motifs is 1. The molecule has 0 saturated carbocycles. The standard InChI is InChI=1S/C20H21Cl2N3O4/c1-11-18-14(4-2-5-15(18)26)23-19(11)20(28)25-24-17(27)6-3-9-29-16-8-7-12(21)10-13(16)22/h7-8,10,23H,2-6,9H2,1H3,(H,24,27)(H,25,28). The number of nitrogens with one attached hydrogen (secondary N) is 3. The molecule has 0 fully saturated rings. The Hall–Kier alpha value is -2.51. The number of aryl methyl sites for hydroxylation is 1. The molecule has 1 aromatic heterocycles. The fourth-order valence-electron chi connectivity index (χ4n) is 3.26. The summed E-state index contributed by atoms with van der Waals surface area (Å²) in [6.45, 7) is 2.02. The minimum atomic E-state index is -0.484. The second-order valence-electron chi connectivity index (χ2n) is 6.78. The van der Waals surface area contributed by atoms with E-state index in [1.54, 1.807) is 25.1 Å². The average molecular weight is 438 g/mol. The first-order chi connectivity index (χ1) is 13.9. The van der Waals surface area contributed by atoms with Crippen LogP contribution < -0.4 is 15.6 Å². The van der Waals surface area contributed by atoms with Crippen molar-refractivity contribution in [1.29, 1.82) is 0 Å². The maximum absolute atomic E-state index is 12.4. The highest BCUT2D eigenvalue weighted by atomic mass is 35.5. The molecule has 7 nitrogen and oxygen atoms in total. The van der Waals surface area contributed by atoms with Crippen molar-refractivity contribution in [2.75, 3.05) is 6.61 Å². The highest BCUT2D eigenvalue weighted by Gasteiger charge is 2.26. The lowest BCUT2D eigenvalue weighted by Gasteiger charge is -2.09. The fourth-order valence-corrected chi connectivity index (χ4v) is 3.72. The molecule has 1 heterocycles. The molecule has 0 aliphatic heterocycles. The molecule has 0 spiro atoms. The minimum Gasteiger partial charge on any atom is -0.492 e. The van der Waals surface area contributed by atoms with Crippen molar-refractivity contribution in [1.82, 2.24) is 15.8 Å². The van der Waals surface area contributed by atoms with E-state index in [-0.39, 0.29) is 24.7 Å². The number of H-pyrrole nitrogens is 1. The van der Waals surface area contributed by atoms with E-state index in [2.05, 4.69) is 15.8 Å². The summed E-state index contributed by atoms with van der Waals surface area (Å²) in [5.74, 6) is -0.300. The Bertz CT molecular complexity index is 955. The van der Waals surface area contributed by atoms with Gasteiger partial charge in [0, 0.05) is 29.1 Å². The number of hydrogen-bond acceptors (Lipinski definition) is 4. The molecule has 0 saturated heterocycles. The van der Waals surface area contributed by atoms with E-state index in [9.17, 15) is 14.4 Å². The van der Waals surface area contributed by atoms with Crippen LogP contribution in [0.25, 0.3) is 0 Å². The van der Waals surface area contributed by atoms with Crippen molar-refractivity contribution in [3.8, 4) is 5.75 Å². The smallest absolute Gasteiger partial charge is 0.286 e. The summed E-state index contributed by atoms with van der Waals surface area (Å²) in [6.07, 6.45) is 2.59. The number of carbonyl (C=O) groups excluding carboxylic acids is 3. The van der Waals surface area contributed by atoms with Gasteiger partial charge in [-0.1, -0.05) is 23.2 Å². The van der Waals surface area contributed by atoms with E-state index in [1.165, 1.54) is 0 Å². The van der Waals surface area contributed by atoms with Gasteiger partial charge in [-0.05, 0) is 49.9 Å². The number of aromatic nitrogens is 1. The quantitative estimate of drug-likeness (QED) is 0.472. The lowest BCUT2D eigenvalue weighted by molar-refractivity contribution is -0.122. The predicted octanol–water partition coefficient (Wildman–Crippen LogP) is 3.77. The van der Waals surface area contributed by atoms with Gasteiger partial charge in [-0.25, -0.2) is 0 Å². The van der Waals surface area contributed by atoms with Crippen LogP contribution in [0.1, 0.15) is 57.8 Å². The molecule has 0 atom stereocenters. The van der Waals surface area contributed by atoms with Crippen LogP contribution in [-0.4, -0.2) is 29.2 Å². The summed E-state index contributed by atoms with van der Waals surface area (Å²) < 4.78 is 5.51. The summed E-state index contributed by atoms with van der Waals surface area (Å²) in [5, 5.41) is 0.914. The first kappa shape index (κ1) is 21.2. The third kappa shape index (κ3) is 5.10. The van der Waals surface area contributed by atoms with Gasteiger partial charge in [0.05, 0.1) is 11.6 Å². The summed E-state index contributed by atoms with van der Waals surface area (Å²) in [6, 6.07) is 4.90. The highest BCUT2D eigenvalue weighted by molar-refractivity contribution is 6.35. The van der Waals surface area contributed by atoms with Crippen LogP contribution >= 0.6 is 23.2 Å². The van der Waals surface area contributed by atoms with Crippen LogP contribution in [0.5, 0.6) is 5.75 Å². The maximum atomic E-state index is 12.4. The molecule has 29 heavy (non-hydrogen) atoms. The second kappa shape index (κ2) is 9.33. The van der Waals surface area contributed by atoms with Crippen molar-refractivity contribution in [3.05, 3.63) is 50.8 Å². The number of Topliss-reactive ketones (excluding diaryl/α,β-unsaturated/α-hetero) is 1. The number of rotatable bonds is 6. The molecular weight excluding hydrogens is 417 g/mol. The topological polar surface area (TPSA) is 100 Å². The first-order valence-electron chi connectivity index (χ1n) is 9.28. The lowest BCUT2D eigenvalue weighted by Crippen LogP contribution is -2.42. The van der Waals surface area contributed by atoms with Gasteiger partial charge in [0.25, 0.3) is 5.91 Å². The van der Waals surface area contributed by atoms with Crippen LogP contribution in [0.3, 0.4) is 0 Å². The maximum Gasteiger partial charge on any atom is 0.286 e. The monoisotopic (exact) mass is 437 g/mol. The SMILES string of the molecule is Cc1c(C(=O)NNC(=O)CCCOc2ccc(Cl)cc2Cl)[nH]c2c1C(=O)CCC2. The van der Waals surface area contributed by atoms with Crippen molar-refractivity contribution < 1.29 is 19.1 Å². The fraction of sp³-hybridized carbons (Fsp3) is 0.350. The number of hydrogen-bond donors (Lipinski definition) is 3. The van der Waals surface area contributed by atoms with Crippen molar-refractivity contribution in [3.63, 3.8) is 0 Å². The van der Waals surface area contributed by atoms with Gasteiger partial charge in [-0.3, -0.25) is 25.2 Å². The van der Waals surface area contributed by atoms with E-state index in [1.807, 2.05) is 0 Å². The molecule has 0 unspecified atom stereocenters. The van der Waals surface area contributed by atoms with Crippen LogP contribution in [-0.2, 0) is 11.2 Å². The van der Waals surface area contributed by atoms with E-state index >= 15 is 0 Å². The van der Waals surface area contributed by atoms with E-state index in [0.29, 0.717) is 45.5 Å². The van der Waals surface area contributed by atoms with Crippen molar-refractivity contribution in [2.24, 2.45) is 0 Å². The molecule has 9 heteroatoms. The van der Waals surface area contributed by atoms with Gasteiger partial charge < -0.3 is 9.72 Å². The van der Waals surface area contributed by atoms with Crippen molar-refractivity contribution >= 4 is 40.8 Å². The largest absolute Gasteiger partial charge is 0.492 e.